The van der Waals surface area contributed by atoms with E-state index >= 15 is 0 Å². The molecule has 0 aliphatic rings. The molecule has 0 bridgehead atoms. The molecule has 0 spiro atoms. The summed E-state index contributed by atoms with van der Waals surface area (Å²) in [4.78, 5) is 12.0. The van der Waals surface area contributed by atoms with Crippen LogP contribution in [0.25, 0.3) is 0 Å². The third-order valence-corrected chi connectivity index (χ3v) is 3.62. The van der Waals surface area contributed by atoms with Crippen molar-refractivity contribution >= 4 is 11.7 Å². The summed E-state index contributed by atoms with van der Waals surface area (Å²) >= 11 is 0. The van der Waals surface area contributed by atoms with Gasteiger partial charge >= 0.3 is 6.03 Å². The minimum absolute atomic E-state index is 0.285. The Kier molecular flexibility index (Phi) is 7.14. The first-order valence-electron chi connectivity index (χ1n) is 8.59. The van der Waals surface area contributed by atoms with Crippen molar-refractivity contribution in [2.24, 2.45) is 0 Å². The van der Waals surface area contributed by atoms with Crippen LogP contribution in [0.15, 0.2) is 48.5 Å². The van der Waals surface area contributed by atoms with Crippen LogP contribution in [0.4, 0.5) is 10.5 Å². The van der Waals surface area contributed by atoms with Gasteiger partial charge in [0.25, 0.3) is 0 Å². The molecule has 0 aliphatic carbocycles. The van der Waals surface area contributed by atoms with E-state index < -0.39 is 0 Å². The lowest BCUT2D eigenvalue weighted by molar-refractivity contribution is 0.247. The van der Waals surface area contributed by atoms with Crippen molar-refractivity contribution in [1.29, 1.82) is 0 Å². The summed E-state index contributed by atoms with van der Waals surface area (Å²) in [5, 5.41) is 5.56. The number of ether oxygens (including phenoxy) is 2. The topological polar surface area (TPSA) is 59.6 Å². The molecule has 2 amide bonds. The highest BCUT2D eigenvalue weighted by Gasteiger charge is 2.06. The van der Waals surface area contributed by atoms with Crippen LogP contribution in [-0.4, -0.2) is 25.8 Å². The van der Waals surface area contributed by atoms with Gasteiger partial charge in [0.15, 0.2) is 0 Å². The molecule has 0 radical (unpaired) electrons. The first-order valence-corrected chi connectivity index (χ1v) is 8.59. The second-order valence-electron chi connectivity index (χ2n) is 5.89. The van der Waals surface area contributed by atoms with Gasteiger partial charge < -0.3 is 20.1 Å². The lowest BCUT2D eigenvalue weighted by atomic mass is 10.0. The van der Waals surface area contributed by atoms with Crippen molar-refractivity contribution in [1.82, 2.24) is 5.32 Å². The maximum atomic E-state index is 12.0. The van der Waals surface area contributed by atoms with E-state index in [-0.39, 0.29) is 6.03 Å². The molecule has 25 heavy (non-hydrogen) atoms. The molecule has 5 heteroatoms. The van der Waals surface area contributed by atoms with Gasteiger partial charge in [0, 0.05) is 0 Å². The molecule has 0 saturated carbocycles. The number of anilines is 1. The predicted molar refractivity (Wildman–Crippen MR) is 101 cm³/mol. The maximum absolute atomic E-state index is 12.0. The lowest BCUT2D eigenvalue weighted by Crippen LogP contribution is -2.32. The molecule has 0 heterocycles. The lowest BCUT2D eigenvalue weighted by Gasteiger charge is -2.13. The Balaban J connectivity index is 1.77. The van der Waals surface area contributed by atoms with Crippen LogP contribution in [0.2, 0.25) is 0 Å². The quantitative estimate of drug-likeness (QED) is 0.699. The second-order valence-corrected chi connectivity index (χ2v) is 5.89. The molecule has 0 aliphatic heterocycles. The summed E-state index contributed by atoms with van der Waals surface area (Å²) in [6.45, 7) is 7.55. The average molecular weight is 342 g/mol. The molecule has 2 aromatic carbocycles. The fourth-order valence-electron chi connectivity index (χ4n) is 2.31. The van der Waals surface area contributed by atoms with Gasteiger partial charge in [-0.1, -0.05) is 38.1 Å². The maximum Gasteiger partial charge on any atom is 0.319 e. The van der Waals surface area contributed by atoms with Crippen molar-refractivity contribution in [3.63, 3.8) is 0 Å². The number of amides is 2. The largest absolute Gasteiger partial charge is 0.492 e. The van der Waals surface area contributed by atoms with Gasteiger partial charge in [-0.2, -0.15) is 0 Å². The van der Waals surface area contributed by atoms with Gasteiger partial charge in [-0.15, -0.1) is 0 Å². The SMILES string of the molecule is CCOc1ccccc1NC(=O)NCCOc1cccc(C(C)C)c1. The Bertz CT molecular complexity index is 686. The molecule has 2 aromatic rings. The highest BCUT2D eigenvalue weighted by atomic mass is 16.5. The van der Waals surface area contributed by atoms with Crippen LogP contribution >= 0.6 is 0 Å². The molecular formula is C20H26N2O3. The van der Waals surface area contributed by atoms with E-state index in [1.807, 2.05) is 43.3 Å². The molecule has 0 fully saturated rings. The van der Waals surface area contributed by atoms with Crippen molar-refractivity contribution < 1.29 is 14.3 Å². The van der Waals surface area contributed by atoms with E-state index in [1.165, 1.54) is 5.56 Å². The number of rotatable bonds is 8. The molecule has 2 rings (SSSR count). The van der Waals surface area contributed by atoms with Crippen LogP contribution < -0.4 is 20.1 Å². The van der Waals surface area contributed by atoms with Gasteiger partial charge in [-0.25, -0.2) is 4.79 Å². The van der Waals surface area contributed by atoms with Crippen molar-refractivity contribution in [2.75, 3.05) is 25.1 Å². The van der Waals surface area contributed by atoms with Gasteiger partial charge in [0.2, 0.25) is 0 Å². The fraction of sp³-hybridized carbons (Fsp3) is 0.350. The molecule has 0 unspecified atom stereocenters. The van der Waals surface area contributed by atoms with Crippen LogP contribution in [-0.2, 0) is 0 Å². The Morgan fingerprint density at radius 2 is 1.88 bits per heavy atom. The third-order valence-electron chi connectivity index (χ3n) is 3.62. The zero-order chi connectivity index (χ0) is 18.1. The number of carbonyl (C=O) groups is 1. The van der Waals surface area contributed by atoms with Crippen molar-refractivity contribution in [3.05, 3.63) is 54.1 Å². The number of benzene rings is 2. The number of para-hydroxylation sites is 2. The molecule has 0 atom stereocenters. The summed E-state index contributed by atoms with van der Waals surface area (Å²) in [5.41, 5.74) is 1.88. The summed E-state index contributed by atoms with van der Waals surface area (Å²) in [6.07, 6.45) is 0. The Hall–Kier alpha value is -2.69. The van der Waals surface area contributed by atoms with Gasteiger partial charge in [0.1, 0.15) is 18.1 Å². The van der Waals surface area contributed by atoms with Crippen LogP contribution in [0, 0.1) is 0 Å². The molecule has 0 saturated heterocycles. The number of carbonyl (C=O) groups excluding carboxylic acids is 1. The van der Waals surface area contributed by atoms with E-state index in [1.54, 1.807) is 6.07 Å². The standard InChI is InChI=1S/C20H26N2O3/c1-4-24-19-11-6-5-10-18(19)22-20(23)21-12-13-25-17-9-7-8-16(14-17)15(2)3/h5-11,14-15H,4,12-13H2,1-3H3,(H2,21,22,23). The predicted octanol–water partition coefficient (Wildman–Crippen LogP) is 4.41. The third kappa shape index (κ3) is 6.03. The van der Waals surface area contributed by atoms with E-state index in [9.17, 15) is 4.79 Å². The Morgan fingerprint density at radius 3 is 2.64 bits per heavy atom. The first-order chi connectivity index (χ1) is 12.1. The monoisotopic (exact) mass is 342 g/mol. The minimum atomic E-state index is -0.285. The summed E-state index contributed by atoms with van der Waals surface area (Å²) in [5.74, 6) is 1.93. The first kappa shape index (κ1) is 18.6. The minimum Gasteiger partial charge on any atom is -0.492 e. The second kappa shape index (κ2) is 9.57. The normalized spacial score (nSPS) is 10.4. The molecule has 134 valence electrons. The summed E-state index contributed by atoms with van der Waals surface area (Å²) < 4.78 is 11.2. The van der Waals surface area contributed by atoms with E-state index in [0.29, 0.717) is 37.1 Å². The number of hydrogen-bond donors (Lipinski definition) is 2. The fourth-order valence-corrected chi connectivity index (χ4v) is 2.31. The van der Waals surface area contributed by atoms with Crippen LogP contribution in [0.5, 0.6) is 11.5 Å². The van der Waals surface area contributed by atoms with Gasteiger partial charge in [0.05, 0.1) is 18.8 Å². The highest BCUT2D eigenvalue weighted by Crippen LogP contribution is 2.23. The number of urea groups is 1. The van der Waals surface area contributed by atoms with Gasteiger partial charge in [-0.3, -0.25) is 0 Å². The number of hydrogen-bond acceptors (Lipinski definition) is 3. The van der Waals surface area contributed by atoms with E-state index in [4.69, 9.17) is 9.47 Å². The zero-order valence-electron chi connectivity index (χ0n) is 15.0. The highest BCUT2D eigenvalue weighted by molar-refractivity contribution is 5.90. The van der Waals surface area contributed by atoms with Crippen LogP contribution in [0.3, 0.4) is 0 Å². The Labute approximate surface area is 149 Å². The Morgan fingerprint density at radius 1 is 1.08 bits per heavy atom. The average Bonchev–Trinajstić information content (AvgIpc) is 2.61. The van der Waals surface area contributed by atoms with Crippen molar-refractivity contribution in [3.8, 4) is 11.5 Å². The van der Waals surface area contributed by atoms with Crippen LogP contribution in [0.1, 0.15) is 32.3 Å². The van der Waals surface area contributed by atoms with Crippen molar-refractivity contribution in [2.45, 2.75) is 26.7 Å². The molecular weight excluding hydrogens is 316 g/mol. The zero-order valence-corrected chi connectivity index (χ0v) is 15.0. The smallest absolute Gasteiger partial charge is 0.319 e. The van der Waals surface area contributed by atoms with E-state index in [2.05, 4.69) is 30.5 Å². The molecule has 5 nitrogen and oxygen atoms in total. The number of nitrogens with one attached hydrogen (secondary N) is 2. The van der Waals surface area contributed by atoms with E-state index in [0.717, 1.165) is 5.75 Å². The molecule has 0 aromatic heterocycles. The van der Waals surface area contributed by atoms with Gasteiger partial charge in [-0.05, 0) is 42.7 Å². The summed E-state index contributed by atoms with van der Waals surface area (Å²) in [6, 6.07) is 15.1. The molecule has 2 N–H and O–H groups in total. The summed E-state index contributed by atoms with van der Waals surface area (Å²) in [7, 11) is 0.